The summed E-state index contributed by atoms with van der Waals surface area (Å²) in [5, 5.41) is 11.7. The van der Waals surface area contributed by atoms with Crippen LogP contribution in [0.4, 0.5) is 0 Å². The van der Waals surface area contributed by atoms with Gasteiger partial charge in [0.05, 0.1) is 0 Å². The monoisotopic (exact) mass is 521 g/mol. The van der Waals surface area contributed by atoms with Crippen molar-refractivity contribution in [2.45, 2.75) is 161 Å². The van der Waals surface area contributed by atoms with Gasteiger partial charge in [-0.3, -0.25) is 9.59 Å². The van der Waals surface area contributed by atoms with Crippen molar-refractivity contribution in [2.24, 2.45) is 5.73 Å². The number of carbonyl (C=O) groups is 2. The van der Waals surface area contributed by atoms with Crippen LogP contribution in [0.25, 0.3) is 0 Å². The van der Waals surface area contributed by atoms with Crippen molar-refractivity contribution < 1.29 is 14.7 Å². The van der Waals surface area contributed by atoms with Crippen molar-refractivity contribution >= 4 is 41.4 Å². The van der Waals surface area contributed by atoms with Gasteiger partial charge < -0.3 is 10.8 Å². The minimum atomic E-state index is -0.914. The van der Waals surface area contributed by atoms with Crippen LogP contribution >= 0.6 is 0 Å². The van der Waals surface area contributed by atoms with Crippen molar-refractivity contribution in [1.29, 1.82) is 0 Å². The molecule has 1 amide bonds. The van der Waals surface area contributed by atoms with Gasteiger partial charge in [0.25, 0.3) is 0 Å². The van der Waals surface area contributed by atoms with Crippen molar-refractivity contribution in [3.8, 4) is 0 Å². The minimum absolute atomic E-state index is 0. The predicted molar refractivity (Wildman–Crippen MR) is 155 cm³/mol. The number of rotatable bonds is 28. The molecule has 4 N–H and O–H groups in total. The van der Waals surface area contributed by atoms with Gasteiger partial charge in [0.1, 0.15) is 6.04 Å². The van der Waals surface area contributed by atoms with E-state index in [4.69, 9.17) is 5.73 Å². The molecule has 0 rings (SSSR count). The van der Waals surface area contributed by atoms with Crippen LogP contribution in [0.2, 0.25) is 0 Å². The molecule has 0 spiro atoms. The maximum atomic E-state index is 11.7. The molecule has 6 nitrogen and oxygen atoms in total. The zero-order valence-corrected chi connectivity index (χ0v) is 23.3. The summed E-state index contributed by atoms with van der Waals surface area (Å²) in [5.41, 5.74) is 8.44. The van der Waals surface area contributed by atoms with Crippen LogP contribution in [0.15, 0.2) is 0 Å². The molecule has 0 saturated carbocycles. The molecular weight excluding hydrogens is 461 g/mol. The van der Waals surface area contributed by atoms with Crippen molar-refractivity contribution in [2.75, 3.05) is 13.1 Å². The SMILES string of the molecule is CCCCCCCCCCCCN(CCCCCCCCCCCC)NC(CCC(N)=O)C(=O)O.[NaH]. The second-order valence-electron chi connectivity index (χ2n) is 10.4. The van der Waals surface area contributed by atoms with Gasteiger partial charge in [-0.15, -0.1) is 0 Å². The number of nitrogens with one attached hydrogen (secondary N) is 1. The van der Waals surface area contributed by atoms with Crippen molar-refractivity contribution in [1.82, 2.24) is 10.4 Å². The maximum absolute atomic E-state index is 11.7. The topological polar surface area (TPSA) is 95.7 Å². The average molecular weight is 522 g/mol. The van der Waals surface area contributed by atoms with Gasteiger partial charge in [-0.05, 0) is 19.3 Å². The number of hydrogen-bond donors (Lipinski definition) is 3. The molecule has 0 aliphatic heterocycles. The molecule has 1 unspecified atom stereocenters. The van der Waals surface area contributed by atoms with E-state index in [0.29, 0.717) is 0 Å². The third-order valence-electron chi connectivity index (χ3n) is 6.88. The molecule has 36 heavy (non-hydrogen) atoms. The van der Waals surface area contributed by atoms with Gasteiger partial charge in [0.15, 0.2) is 0 Å². The van der Waals surface area contributed by atoms with E-state index in [-0.39, 0.29) is 42.4 Å². The molecule has 0 aromatic rings. The molecule has 0 aliphatic carbocycles. The summed E-state index contributed by atoms with van der Waals surface area (Å²) in [6.07, 6.45) is 26.1. The summed E-state index contributed by atoms with van der Waals surface area (Å²) in [7, 11) is 0. The van der Waals surface area contributed by atoms with Crippen LogP contribution in [-0.2, 0) is 9.59 Å². The van der Waals surface area contributed by atoms with Gasteiger partial charge in [0.2, 0.25) is 5.91 Å². The fourth-order valence-electron chi connectivity index (χ4n) is 4.57. The summed E-state index contributed by atoms with van der Waals surface area (Å²) in [5.74, 6) is -1.36. The third kappa shape index (κ3) is 26.9. The van der Waals surface area contributed by atoms with Gasteiger partial charge in [-0.1, -0.05) is 129 Å². The Balaban J connectivity index is 0. The van der Waals surface area contributed by atoms with E-state index in [1.165, 1.54) is 116 Å². The quantitative estimate of drug-likeness (QED) is 0.0604. The Morgan fingerprint density at radius 1 is 0.667 bits per heavy atom. The molecule has 0 saturated heterocycles. The number of nitrogens with two attached hydrogens (primary N) is 1. The molecule has 0 heterocycles. The molecule has 0 fully saturated rings. The molecule has 210 valence electrons. The number of nitrogens with zero attached hydrogens (tertiary/aromatic N) is 1. The first kappa shape index (κ1) is 38.0. The Labute approximate surface area is 245 Å². The fourth-order valence-corrected chi connectivity index (χ4v) is 4.57. The normalized spacial score (nSPS) is 12.0. The van der Waals surface area contributed by atoms with E-state index >= 15 is 0 Å². The molecular formula is C29H60N3NaO3. The van der Waals surface area contributed by atoms with Crippen LogP contribution in [0, 0.1) is 0 Å². The van der Waals surface area contributed by atoms with Gasteiger partial charge in [-0.2, -0.15) is 0 Å². The summed E-state index contributed by atoms with van der Waals surface area (Å²) < 4.78 is 0. The van der Waals surface area contributed by atoms with Crippen molar-refractivity contribution in [3.63, 3.8) is 0 Å². The second kappa shape index (κ2) is 29.4. The number of unbranched alkanes of at least 4 members (excludes halogenated alkanes) is 18. The molecule has 7 heteroatoms. The summed E-state index contributed by atoms with van der Waals surface area (Å²) in [4.78, 5) is 22.8. The second-order valence-corrected chi connectivity index (χ2v) is 10.4. The first-order chi connectivity index (χ1) is 17.0. The Kier molecular flexibility index (Phi) is 31.1. The zero-order valence-electron chi connectivity index (χ0n) is 23.3. The Bertz CT molecular complexity index is 470. The average Bonchev–Trinajstić information content (AvgIpc) is 2.83. The van der Waals surface area contributed by atoms with Crippen molar-refractivity contribution in [3.05, 3.63) is 0 Å². The van der Waals surface area contributed by atoms with Crippen LogP contribution in [0.1, 0.15) is 155 Å². The molecule has 0 bridgehead atoms. The number of carboxylic acids is 1. The number of hydrazine groups is 1. The summed E-state index contributed by atoms with van der Waals surface area (Å²) in [6.45, 7) is 6.22. The Morgan fingerprint density at radius 3 is 1.31 bits per heavy atom. The number of carbonyl (C=O) groups excluding carboxylic acids is 1. The van der Waals surface area contributed by atoms with E-state index < -0.39 is 17.9 Å². The standard InChI is InChI=1S/C29H59N3O3.Na.H/c1-3-5-7-9-11-13-15-17-19-21-25-32(31-27(29(34)35)23-24-28(30)33)26-22-20-18-16-14-12-10-8-6-4-2;;/h27,31H,3-26H2,1-2H3,(H2,30,33)(H,34,35);;. The number of primary amides is 1. The van der Waals surface area contributed by atoms with Crippen LogP contribution in [0.3, 0.4) is 0 Å². The number of aliphatic carboxylic acids is 1. The van der Waals surface area contributed by atoms with Gasteiger partial charge >= 0.3 is 35.5 Å². The van der Waals surface area contributed by atoms with E-state index in [1.54, 1.807) is 0 Å². The van der Waals surface area contributed by atoms with E-state index in [2.05, 4.69) is 24.3 Å². The van der Waals surface area contributed by atoms with Crippen LogP contribution in [-0.4, -0.2) is 70.7 Å². The molecule has 1 atom stereocenters. The third-order valence-corrected chi connectivity index (χ3v) is 6.88. The molecule has 0 aromatic heterocycles. The predicted octanol–water partition coefficient (Wildman–Crippen LogP) is 6.71. The van der Waals surface area contributed by atoms with Gasteiger partial charge in [-0.25, -0.2) is 10.4 Å². The molecule has 0 radical (unpaired) electrons. The number of hydrogen-bond acceptors (Lipinski definition) is 4. The summed E-state index contributed by atoms with van der Waals surface area (Å²) >= 11 is 0. The van der Waals surface area contributed by atoms with Crippen LogP contribution in [0.5, 0.6) is 0 Å². The van der Waals surface area contributed by atoms with E-state index in [9.17, 15) is 14.7 Å². The number of carboxylic acid groups (broad SMARTS) is 1. The van der Waals surface area contributed by atoms with Crippen LogP contribution < -0.4 is 11.2 Å². The first-order valence-electron chi connectivity index (χ1n) is 15.0. The molecule has 0 aliphatic rings. The Morgan fingerprint density at radius 2 is 1.00 bits per heavy atom. The Hall–Kier alpha value is -0.140. The zero-order chi connectivity index (χ0) is 26.0. The molecule has 0 aromatic carbocycles. The van der Waals surface area contributed by atoms with E-state index in [0.717, 1.165) is 25.9 Å². The first-order valence-corrected chi connectivity index (χ1v) is 15.0. The van der Waals surface area contributed by atoms with Gasteiger partial charge in [0, 0.05) is 19.5 Å². The fraction of sp³-hybridized carbons (Fsp3) is 0.931. The number of amides is 1. The van der Waals surface area contributed by atoms with E-state index in [1.807, 2.05) is 0 Å². The summed E-state index contributed by atoms with van der Waals surface area (Å²) in [6, 6.07) is -0.756.